The van der Waals surface area contributed by atoms with E-state index in [4.69, 9.17) is 9.47 Å². The van der Waals surface area contributed by atoms with Crippen molar-refractivity contribution in [2.45, 2.75) is 18.7 Å². The van der Waals surface area contributed by atoms with Crippen LogP contribution in [0.15, 0.2) is 36.4 Å². The third-order valence-corrected chi connectivity index (χ3v) is 3.62. The number of ether oxygens (including phenoxy) is 2. The fraction of sp³-hybridized carbons (Fsp3) is 0.235. The molecular weight excluding hydrogens is 293 g/mol. The Morgan fingerprint density at radius 3 is 2.59 bits per heavy atom. The topological polar surface area (TPSA) is 18.5 Å². The predicted octanol–water partition coefficient (Wildman–Crippen LogP) is 4.52. The summed E-state index contributed by atoms with van der Waals surface area (Å²) in [6.45, 7) is 3.79. The molecule has 0 spiro atoms. The highest BCUT2D eigenvalue weighted by Crippen LogP contribution is 2.45. The quantitative estimate of drug-likeness (QED) is 0.812. The zero-order valence-electron chi connectivity index (χ0n) is 11.9. The molecule has 0 aliphatic carbocycles. The van der Waals surface area contributed by atoms with Crippen LogP contribution in [0.4, 0.5) is 13.2 Å². The molecular formula is C17H14F3O2. The minimum Gasteiger partial charge on any atom is -0.496 e. The van der Waals surface area contributed by atoms with Crippen molar-refractivity contribution in [1.29, 1.82) is 0 Å². The molecule has 1 unspecified atom stereocenters. The van der Waals surface area contributed by atoms with E-state index in [1.54, 1.807) is 24.3 Å². The molecule has 5 heteroatoms. The Morgan fingerprint density at radius 2 is 1.91 bits per heavy atom. The second-order valence-corrected chi connectivity index (χ2v) is 5.15. The van der Waals surface area contributed by atoms with Crippen molar-refractivity contribution >= 4 is 0 Å². The molecule has 22 heavy (non-hydrogen) atoms. The van der Waals surface area contributed by atoms with Gasteiger partial charge >= 0.3 is 6.18 Å². The Balaban J connectivity index is 2.24. The number of alkyl halides is 3. The second-order valence-electron chi connectivity index (χ2n) is 5.15. The van der Waals surface area contributed by atoms with Gasteiger partial charge in [-0.3, -0.25) is 0 Å². The summed E-state index contributed by atoms with van der Waals surface area (Å²) in [7, 11) is 1.48. The molecule has 1 aliphatic rings. The molecule has 2 nitrogen and oxygen atoms in total. The zero-order chi connectivity index (χ0) is 15.9. The first kappa shape index (κ1) is 14.8. The van der Waals surface area contributed by atoms with Crippen LogP contribution in [-0.2, 0) is 12.6 Å². The van der Waals surface area contributed by atoms with Crippen LogP contribution in [0.25, 0.3) is 11.1 Å². The number of hydrogen-bond acceptors (Lipinski definition) is 2. The average molecular weight is 307 g/mol. The molecule has 1 radical (unpaired) electrons. The van der Waals surface area contributed by atoms with Gasteiger partial charge in [-0.2, -0.15) is 13.2 Å². The largest absolute Gasteiger partial charge is 0.496 e. The first-order valence-electron chi connectivity index (χ1n) is 6.77. The average Bonchev–Trinajstić information content (AvgIpc) is 2.85. The summed E-state index contributed by atoms with van der Waals surface area (Å²) in [6.07, 6.45) is -4.43. The van der Waals surface area contributed by atoms with Crippen LogP contribution in [0, 0.1) is 6.92 Å². The van der Waals surface area contributed by atoms with Crippen LogP contribution in [0.2, 0.25) is 0 Å². The summed E-state index contributed by atoms with van der Waals surface area (Å²) in [5.74, 6) is 0.956. The molecule has 0 saturated heterocycles. The number of fused-ring (bicyclic) bond motifs is 1. The lowest BCUT2D eigenvalue weighted by molar-refractivity contribution is -0.137. The van der Waals surface area contributed by atoms with Crippen LogP contribution >= 0.6 is 0 Å². The minimum atomic E-state index is -4.41. The van der Waals surface area contributed by atoms with Crippen molar-refractivity contribution in [3.63, 3.8) is 0 Å². The molecule has 0 fully saturated rings. The third kappa shape index (κ3) is 2.51. The molecule has 115 valence electrons. The molecule has 0 saturated carbocycles. The van der Waals surface area contributed by atoms with E-state index in [9.17, 15) is 13.2 Å². The minimum absolute atomic E-state index is 0.363. The lowest BCUT2D eigenvalue weighted by atomic mass is 9.96. The monoisotopic (exact) mass is 307 g/mol. The van der Waals surface area contributed by atoms with Gasteiger partial charge in [-0.1, -0.05) is 18.2 Å². The summed E-state index contributed by atoms with van der Waals surface area (Å²) in [5, 5.41) is 0. The van der Waals surface area contributed by atoms with Gasteiger partial charge < -0.3 is 9.47 Å². The van der Waals surface area contributed by atoms with Crippen LogP contribution in [0.3, 0.4) is 0 Å². The van der Waals surface area contributed by atoms with E-state index >= 15 is 0 Å². The zero-order valence-corrected chi connectivity index (χ0v) is 11.9. The number of rotatable bonds is 2. The van der Waals surface area contributed by atoms with Gasteiger partial charge in [-0.15, -0.1) is 0 Å². The molecule has 1 atom stereocenters. The van der Waals surface area contributed by atoms with E-state index in [-0.39, 0.29) is 6.10 Å². The summed E-state index contributed by atoms with van der Waals surface area (Å²) in [4.78, 5) is 0. The van der Waals surface area contributed by atoms with Crippen LogP contribution in [0.1, 0.15) is 11.1 Å². The normalized spacial score (nSPS) is 17.0. The highest BCUT2D eigenvalue weighted by Gasteiger charge is 2.35. The van der Waals surface area contributed by atoms with Gasteiger partial charge in [0.1, 0.15) is 17.6 Å². The van der Waals surface area contributed by atoms with Crippen molar-refractivity contribution in [1.82, 2.24) is 0 Å². The first-order chi connectivity index (χ1) is 10.4. The van der Waals surface area contributed by atoms with Crippen LogP contribution in [-0.4, -0.2) is 13.2 Å². The highest BCUT2D eigenvalue weighted by molar-refractivity contribution is 5.78. The van der Waals surface area contributed by atoms with Crippen LogP contribution < -0.4 is 9.47 Å². The third-order valence-electron chi connectivity index (χ3n) is 3.62. The fourth-order valence-electron chi connectivity index (χ4n) is 2.66. The predicted molar refractivity (Wildman–Crippen MR) is 76.9 cm³/mol. The molecule has 1 aliphatic heterocycles. The Bertz CT molecular complexity index is 708. The number of methoxy groups -OCH3 is 1. The molecule has 3 rings (SSSR count). The molecule has 2 aromatic rings. The van der Waals surface area contributed by atoms with E-state index in [0.29, 0.717) is 34.6 Å². The Morgan fingerprint density at radius 1 is 1.18 bits per heavy atom. The molecule has 0 N–H and O–H groups in total. The van der Waals surface area contributed by atoms with Crippen molar-refractivity contribution in [2.75, 3.05) is 7.11 Å². The van der Waals surface area contributed by atoms with Gasteiger partial charge in [-0.05, 0) is 30.7 Å². The SMILES string of the molecule is [CH2]C1Cc2cc(C(F)(F)F)cc(-c3ccccc3OC)c2O1. The van der Waals surface area contributed by atoms with Crippen molar-refractivity contribution in [3.05, 3.63) is 54.4 Å². The van der Waals surface area contributed by atoms with Gasteiger partial charge in [-0.25, -0.2) is 0 Å². The molecule has 2 aromatic carbocycles. The maximum atomic E-state index is 13.1. The lowest BCUT2D eigenvalue weighted by Crippen LogP contribution is -2.06. The number of para-hydroxylation sites is 1. The van der Waals surface area contributed by atoms with E-state index in [2.05, 4.69) is 6.92 Å². The van der Waals surface area contributed by atoms with Gasteiger partial charge in [0.2, 0.25) is 0 Å². The maximum Gasteiger partial charge on any atom is 0.416 e. The van der Waals surface area contributed by atoms with Gasteiger partial charge in [0.05, 0.1) is 12.7 Å². The van der Waals surface area contributed by atoms with E-state index < -0.39 is 11.7 Å². The molecule has 0 amide bonds. The highest BCUT2D eigenvalue weighted by atomic mass is 19.4. The van der Waals surface area contributed by atoms with Crippen molar-refractivity contribution < 1.29 is 22.6 Å². The number of hydrogen-bond donors (Lipinski definition) is 0. The Labute approximate surface area is 126 Å². The fourth-order valence-corrected chi connectivity index (χ4v) is 2.66. The maximum absolute atomic E-state index is 13.1. The lowest BCUT2D eigenvalue weighted by Gasteiger charge is -2.15. The first-order valence-corrected chi connectivity index (χ1v) is 6.77. The van der Waals surface area contributed by atoms with E-state index in [0.717, 1.165) is 12.1 Å². The van der Waals surface area contributed by atoms with Crippen LogP contribution in [0.5, 0.6) is 11.5 Å². The van der Waals surface area contributed by atoms with Gasteiger partial charge in [0.15, 0.2) is 0 Å². The van der Waals surface area contributed by atoms with E-state index in [1.807, 2.05) is 0 Å². The number of benzene rings is 2. The Kier molecular flexibility index (Phi) is 3.51. The smallest absolute Gasteiger partial charge is 0.416 e. The Hall–Kier alpha value is -2.17. The summed E-state index contributed by atoms with van der Waals surface area (Å²) in [5.41, 5.74) is 0.787. The molecule has 0 aromatic heterocycles. The summed E-state index contributed by atoms with van der Waals surface area (Å²) in [6, 6.07) is 9.18. The van der Waals surface area contributed by atoms with Gasteiger partial charge in [0.25, 0.3) is 0 Å². The molecule has 1 heterocycles. The summed E-state index contributed by atoms with van der Waals surface area (Å²) < 4.78 is 50.3. The molecule has 0 bridgehead atoms. The number of halogens is 3. The summed E-state index contributed by atoms with van der Waals surface area (Å²) >= 11 is 0. The standard InChI is InChI=1S/C17H14F3O2/c1-10-7-11-8-12(17(18,19)20)9-14(16(11)22-10)13-5-3-4-6-15(13)21-2/h3-6,8-10H,1,7H2,2H3. The van der Waals surface area contributed by atoms with Crippen molar-refractivity contribution in [2.24, 2.45) is 0 Å². The van der Waals surface area contributed by atoms with E-state index in [1.165, 1.54) is 7.11 Å². The second kappa shape index (κ2) is 5.23. The van der Waals surface area contributed by atoms with Gasteiger partial charge in [0, 0.05) is 17.5 Å². The van der Waals surface area contributed by atoms with Crippen molar-refractivity contribution in [3.8, 4) is 22.6 Å².